The van der Waals surface area contributed by atoms with Gasteiger partial charge in [-0.25, -0.2) is 0 Å². The molecule has 1 aromatic rings. The van der Waals surface area contributed by atoms with Crippen LogP contribution in [-0.2, 0) is 5.60 Å². The molecule has 1 saturated carbocycles. The fourth-order valence-corrected chi connectivity index (χ4v) is 1.85. The first-order valence-corrected chi connectivity index (χ1v) is 4.98. The number of hydrogen-bond donors (Lipinski definition) is 1. The summed E-state index contributed by atoms with van der Waals surface area (Å²) >= 11 is 0. The van der Waals surface area contributed by atoms with Crippen LogP contribution in [-0.4, -0.2) is 11.5 Å². The summed E-state index contributed by atoms with van der Waals surface area (Å²) in [7, 11) is 0. The van der Waals surface area contributed by atoms with Crippen molar-refractivity contribution in [3.63, 3.8) is 0 Å². The molecule has 0 aromatic heterocycles. The van der Waals surface area contributed by atoms with Crippen LogP contribution in [0.5, 0.6) is 5.75 Å². The van der Waals surface area contributed by atoms with Crippen molar-refractivity contribution in [3.05, 3.63) is 29.8 Å². The molecule has 0 radical (unpaired) electrons. The highest BCUT2D eigenvalue weighted by atomic mass is 19.4. The fourth-order valence-electron chi connectivity index (χ4n) is 1.85. The first-order chi connectivity index (χ1) is 7.41. The first kappa shape index (κ1) is 11.3. The molecule has 1 fully saturated rings. The molecule has 0 unspecified atom stereocenters. The molecule has 5 heteroatoms. The monoisotopic (exact) mass is 232 g/mol. The quantitative estimate of drug-likeness (QED) is 0.849. The predicted molar refractivity (Wildman–Crippen MR) is 50.9 cm³/mol. The van der Waals surface area contributed by atoms with Gasteiger partial charge in [-0.2, -0.15) is 0 Å². The van der Waals surface area contributed by atoms with Crippen LogP contribution in [0, 0.1) is 0 Å². The molecule has 16 heavy (non-hydrogen) atoms. The maximum atomic E-state index is 12.1. The first-order valence-electron chi connectivity index (χ1n) is 4.98. The zero-order valence-electron chi connectivity index (χ0n) is 8.42. The lowest BCUT2D eigenvalue weighted by atomic mass is 9.75. The average Bonchev–Trinajstić information content (AvgIpc) is 2.12. The number of benzene rings is 1. The molecule has 0 bridgehead atoms. The predicted octanol–water partition coefficient (Wildman–Crippen LogP) is 2.96. The Morgan fingerprint density at radius 1 is 1.19 bits per heavy atom. The molecule has 2 nitrogen and oxygen atoms in total. The van der Waals surface area contributed by atoms with E-state index in [0.29, 0.717) is 12.8 Å². The SMILES string of the molecule is OC1(c2ccccc2OC(F)(F)F)CCC1. The van der Waals surface area contributed by atoms with Crippen molar-refractivity contribution in [2.75, 3.05) is 0 Å². The highest BCUT2D eigenvalue weighted by Gasteiger charge is 2.40. The zero-order chi connectivity index (χ0) is 11.8. The maximum Gasteiger partial charge on any atom is 0.573 e. The van der Waals surface area contributed by atoms with Gasteiger partial charge in [0.05, 0.1) is 5.60 Å². The minimum atomic E-state index is -4.73. The molecule has 2 rings (SSSR count). The zero-order valence-corrected chi connectivity index (χ0v) is 8.42. The van der Waals surface area contributed by atoms with Crippen LogP contribution in [0.15, 0.2) is 24.3 Å². The van der Waals surface area contributed by atoms with Crippen molar-refractivity contribution in [1.82, 2.24) is 0 Å². The van der Waals surface area contributed by atoms with Gasteiger partial charge in [0.1, 0.15) is 5.75 Å². The van der Waals surface area contributed by atoms with Gasteiger partial charge in [-0.1, -0.05) is 18.2 Å². The number of halogens is 3. The van der Waals surface area contributed by atoms with Crippen LogP contribution in [0.25, 0.3) is 0 Å². The van der Waals surface area contributed by atoms with Crippen LogP contribution < -0.4 is 4.74 Å². The highest BCUT2D eigenvalue weighted by Crippen LogP contribution is 2.45. The second-order valence-corrected chi connectivity index (χ2v) is 3.93. The lowest BCUT2D eigenvalue weighted by Gasteiger charge is -2.37. The Morgan fingerprint density at radius 3 is 2.31 bits per heavy atom. The Morgan fingerprint density at radius 2 is 1.81 bits per heavy atom. The third-order valence-electron chi connectivity index (χ3n) is 2.79. The molecule has 0 spiro atoms. The lowest BCUT2D eigenvalue weighted by molar-refractivity contribution is -0.275. The minimum absolute atomic E-state index is 0.221. The van der Waals surface area contributed by atoms with Crippen LogP contribution in [0.1, 0.15) is 24.8 Å². The molecule has 1 N–H and O–H groups in total. The topological polar surface area (TPSA) is 29.5 Å². The summed E-state index contributed by atoms with van der Waals surface area (Å²) in [5.41, 5.74) is -0.930. The van der Waals surface area contributed by atoms with E-state index in [1.54, 1.807) is 6.07 Å². The van der Waals surface area contributed by atoms with E-state index in [4.69, 9.17) is 0 Å². The Balaban J connectivity index is 2.31. The summed E-state index contributed by atoms with van der Waals surface area (Å²) in [6.45, 7) is 0. The number of para-hydroxylation sites is 1. The lowest BCUT2D eigenvalue weighted by Crippen LogP contribution is -2.34. The number of alkyl halides is 3. The van der Waals surface area contributed by atoms with Crippen molar-refractivity contribution in [1.29, 1.82) is 0 Å². The summed E-state index contributed by atoms with van der Waals surface area (Å²) in [6.07, 6.45) is -2.95. The molecule has 0 aliphatic heterocycles. The molecule has 0 atom stereocenters. The van der Waals surface area contributed by atoms with Gasteiger partial charge in [0, 0.05) is 5.56 Å². The summed E-state index contributed by atoms with van der Waals surface area (Å²) in [5, 5.41) is 10.0. The molecule has 1 aromatic carbocycles. The second kappa shape index (κ2) is 3.66. The van der Waals surface area contributed by atoms with Crippen LogP contribution in [0.4, 0.5) is 13.2 Å². The van der Waals surface area contributed by atoms with Gasteiger partial charge < -0.3 is 9.84 Å². The maximum absolute atomic E-state index is 12.1. The van der Waals surface area contributed by atoms with E-state index in [1.165, 1.54) is 18.2 Å². The van der Waals surface area contributed by atoms with Gasteiger partial charge in [-0.05, 0) is 25.3 Å². The smallest absolute Gasteiger partial charge is 0.405 e. The van der Waals surface area contributed by atoms with Crippen molar-refractivity contribution < 1.29 is 23.0 Å². The van der Waals surface area contributed by atoms with E-state index in [1.807, 2.05) is 0 Å². The van der Waals surface area contributed by atoms with Crippen LogP contribution in [0.3, 0.4) is 0 Å². The third kappa shape index (κ3) is 2.14. The van der Waals surface area contributed by atoms with Crippen molar-refractivity contribution in [2.45, 2.75) is 31.2 Å². The van der Waals surface area contributed by atoms with Crippen molar-refractivity contribution in [3.8, 4) is 5.75 Å². The van der Waals surface area contributed by atoms with E-state index < -0.39 is 12.0 Å². The molecular weight excluding hydrogens is 221 g/mol. The number of rotatable bonds is 2. The number of hydrogen-bond acceptors (Lipinski definition) is 2. The number of aliphatic hydroxyl groups is 1. The van der Waals surface area contributed by atoms with E-state index in [2.05, 4.69) is 4.74 Å². The van der Waals surface area contributed by atoms with E-state index >= 15 is 0 Å². The van der Waals surface area contributed by atoms with Gasteiger partial charge in [0.15, 0.2) is 0 Å². The van der Waals surface area contributed by atoms with Gasteiger partial charge in [0.2, 0.25) is 0 Å². The second-order valence-electron chi connectivity index (χ2n) is 3.93. The van der Waals surface area contributed by atoms with Crippen molar-refractivity contribution in [2.24, 2.45) is 0 Å². The van der Waals surface area contributed by atoms with Gasteiger partial charge in [-0.15, -0.1) is 13.2 Å². The summed E-state index contributed by atoms with van der Waals surface area (Å²) in [5.74, 6) is -0.308. The van der Waals surface area contributed by atoms with E-state index in [9.17, 15) is 18.3 Å². The molecule has 0 saturated heterocycles. The number of ether oxygens (including phenoxy) is 1. The van der Waals surface area contributed by atoms with Crippen LogP contribution >= 0.6 is 0 Å². The minimum Gasteiger partial charge on any atom is -0.405 e. The van der Waals surface area contributed by atoms with Crippen LogP contribution in [0.2, 0.25) is 0 Å². The molecule has 1 aliphatic rings. The fraction of sp³-hybridized carbons (Fsp3) is 0.455. The van der Waals surface area contributed by atoms with E-state index in [-0.39, 0.29) is 11.3 Å². The third-order valence-corrected chi connectivity index (χ3v) is 2.79. The Kier molecular flexibility index (Phi) is 2.58. The highest BCUT2D eigenvalue weighted by molar-refractivity contribution is 5.39. The molecule has 88 valence electrons. The average molecular weight is 232 g/mol. The van der Waals surface area contributed by atoms with Gasteiger partial charge in [-0.3, -0.25) is 0 Å². The molecule has 1 aliphatic carbocycles. The van der Waals surface area contributed by atoms with Crippen molar-refractivity contribution >= 4 is 0 Å². The Labute approximate surface area is 90.7 Å². The standard InChI is InChI=1S/C11H11F3O2/c12-11(13,14)16-9-5-2-1-4-8(9)10(15)6-3-7-10/h1-2,4-5,15H,3,6-7H2. The molecule has 0 amide bonds. The van der Waals surface area contributed by atoms with Gasteiger partial charge in [0.25, 0.3) is 0 Å². The molecule has 0 heterocycles. The summed E-state index contributed by atoms with van der Waals surface area (Å²) in [4.78, 5) is 0. The largest absolute Gasteiger partial charge is 0.573 e. The summed E-state index contributed by atoms with van der Waals surface area (Å²) in [6, 6.07) is 5.74. The Hall–Kier alpha value is -1.23. The van der Waals surface area contributed by atoms with E-state index in [0.717, 1.165) is 6.42 Å². The summed E-state index contributed by atoms with van der Waals surface area (Å²) < 4.78 is 40.3. The Bertz CT molecular complexity index is 383. The molecular formula is C11H11F3O2. The normalized spacial score (nSPS) is 19.0. The van der Waals surface area contributed by atoms with Gasteiger partial charge >= 0.3 is 6.36 Å².